The van der Waals surface area contributed by atoms with Gasteiger partial charge in [0.05, 0.1) is 11.2 Å². The second kappa shape index (κ2) is 7.02. The summed E-state index contributed by atoms with van der Waals surface area (Å²) >= 11 is 5.99. The maximum Gasteiger partial charge on any atom is 0.242 e. The molecule has 3 aromatic rings. The van der Waals surface area contributed by atoms with Crippen molar-refractivity contribution in [2.75, 3.05) is 11.9 Å². The first-order chi connectivity index (χ1) is 12.0. The molecule has 0 radical (unpaired) electrons. The van der Waals surface area contributed by atoms with Gasteiger partial charge in [-0.3, -0.25) is 4.79 Å². The van der Waals surface area contributed by atoms with Gasteiger partial charge in [-0.25, -0.2) is 19.3 Å². The van der Waals surface area contributed by atoms with Crippen LogP contribution in [-0.4, -0.2) is 38.4 Å². The third kappa shape index (κ3) is 3.53. The number of halogens is 2. The minimum Gasteiger partial charge on any atom is -0.356 e. The van der Waals surface area contributed by atoms with Gasteiger partial charge in [0.25, 0.3) is 0 Å². The first kappa shape index (κ1) is 17.1. The first-order valence-corrected chi connectivity index (χ1v) is 8.07. The van der Waals surface area contributed by atoms with Crippen molar-refractivity contribution in [3.63, 3.8) is 0 Å². The van der Waals surface area contributed by atoms with Gasteiger partial charge >= 0.3 is 0 Å². The van der Waals surface area contributed by atoms with E-state index in [0.717, 1.165) is 11.6 Å². The highest BCUT2D eigenvalue weighted by Gasteiger charge is 2.17. The molecule has 0 aliphatic heterocycles. The largest absolute Gasteiger partial charge is 0.356 e. The number of hydrogen-bond acceptors (Lipinski definition) is 5. The number of aromatic nitrogens is 4. The zero-order valence-corrected chi connectivity index (χ0v) is 14.4. The maximum atomic E-state index is 14.0. The second-order valence-electron chi connectivity index (χ2n) is 5.40. The molecule has 0 unspecified atom stereocenters. The van der Waals surface area contributed by atoms with Crippen LogP contribution in [0.25, 0.3) is 22.4 Å². The lowest BCUT2D eigenvalue weighted by Crippen LogP contribution is -2.37. The van der Waals surface area contributed by atoms with Crippen LogP contribution in [0.15, 0.2) is 24.7 Å². The molecule has 0 aliphatic carbocycles. The fourth-order valence-electron chi connectivity index (χ4n) is 2.36. The summed E-state index contributed by atoms with van der Waals surface area (Å²) in [5, 5.41) is 6.62. The van der Waals surface area contributed by atoms with Crippen molar-refractivity contribution < 1.29 is 13.5 Å². The Balaban J connectivity index is 0.00000243. The van der Waals surface area contributed by atoms with Gasteiger partial charge in [0, 0.05) is 34.2 Å². The van der Waals surface area contributed by atoms with Crippen LogP contribution >= 0.6 is 11.6 Å². The Labute approximate surface area is 152 Å². The topological polar surface area (TPSA) is 95.6 Å². The number of likely N-dealkylation sites (N-methyl/N-ethyl adjacent to an activating group) is 1. The predicted octanol–water partition coefficient (Wildman–Crippen LogP) is 3.49. The van der Waals surface area contributed by atoms with Gasteiger partial charge in [-0.15, -0.1) is 0 Å². The summed E-state index contributed by atoms with van der Waals surface area (Å²) in [6.45, 7) is 3.93. The minimum atomic E-state index is -0.643. The molecular formula is C16H22ClFN6O. The number of carbonyl (C=O) groups excluding carboxylic acids is 1. The highest BCUT2D eigenvalue weighted by molar-refractivity contribution is 6.31. The van der Waals surface area contributed by atoms with E-state index in [-0.39, 0.29) is 16.0 Å². The third-order valence-electron chi connectivity index (χ3n) is 3.58. The van der Waals surface area contributed by atoms with Gasteiger partial charge in [0.15, 0.2) is 17.5 Å². The number of nitrogens with zero attached hydrogens (tertiary/aromatic N) is 3. The van der Waals surface area contributed by atoms with E-state index in [0.29, 0.717) is 28.6 Å². The smallest absolute Gasteiger partial charge is 0.242 e. The van der Waals surface area contributed by atoms with Gasteiger partial charge in [0.2, 0.25) is 5.91 Å². The van der Waals surface area contributed by atoms with Crippen LogP contribution in [0.1, 0.15) is 18.1 Å². The Bertz CT molecular complexity index is 942. The van der Waals surface area contributed by atoms with E-state index in [1.165, 1.54) is 6.20 Å². The van der Waals surface area contributed by atoms with Crippen molar-refractivity contribution in [2.24, 2.45) is 0 Å². The van der Waals surface area contributed by atoms with Crippen molar-refractivity contribution in [1.82, 2.24) is 25.3 Å². The molecule has 0 saturated heterocycles. The summed E-state index contributed by atoms with van der Waals surface area (Å²) in [6, 6.07) is 1.09. The number of nitrogens with one attached hydrogen (secondary N) is 3. The second-order valence-corrected chi connectivity index (χ2v) is 5.84. The average molecular weight is 369 g/mol. The highest BCUT2D eigenvalue weighted by Crippen LogP contribution is 2.28. The lowest BCUT2D eigenvalue weighted by molar-refractivity contribution is -0.121. The molecule has 9 heteroatoms. The minimum absolute atomic E-state index is 0. The van der Waals surface area contributed by atoms with Crippen LogP contribution < -0.4 is 10.6 Å². The molecule has 3 aromatic heterocycles. The van der Waals surface area contributed by atoms with E-state index in [9.17, 15) is 9.18 Å². The molecule has 0 aromatic carbocycles. The molecule has 1 atom stereocenters. The van der Waals surface area contributed by atoms with Crippen molar-refractivity contribution >= 4 is 34.4 Å². The molecule has 0 fully saturated rings. The van der Waals surface area contributed by atoms with Crippen LogP contribution in [0.5, 0.6) is 0 Å². The van der Waals surface area contributed by atoms with Crippen molar-refractivity contribution in [1.29, 1.82) is 0 Å². The van der Waals surface area contributed by atoms with Crippen LogP contribution in [0, 0.1) is 5.82 Å². The quantitative estimate of drug-likeness (QED) is 0.640. The van der Waals surface area contributed by atoms with Crippen LogP contribution in [0.3, 0.4) is 0 Å². The number of anilines is 1. The SMILES string of the molecule is CCNC(=O)[C@H](C)Nc1nc(-c2c[nH]c3ncc(Cl)cc23)ncc1F.[HH].[HH].[HH]. The summed E-state index contributed by atoms with van der Waals surface area (Å²) < 4.78 is 14.0. The number of pyridine rings is 1. The Kier molecular flexibility index (Phi) is 4.80. The molecule has 3 rings (SSSR count). The molecule has 7 nitrogen and oxygen atoms in total. The van der Waals surface area contributed by atoms with E-state index in [1.54, 1.807) is 19.2 Å². The molecule has 1 amide bonds. The van der Waals surface area contributed by atoms with Crippen molar-refractivity contribution in [2.45, 2.75) is 19.9 Å². The standard InChI is InChI=1S/C16H16ClFN6O.3H2/c1-3-19-16(25)8(2)23-15-12(18)7-22-14(24-15)11-6-21-13-10(11)4-9(17)5-20-13;;;/h4-8H,3H2,1-2H3,(H,19,25)(H,20,21)(H,22,23,24);3*1H/t8-;;;/m0.../s1. The number of hydrogen-bond donors (Lipinski definition) is 3. The molecule has 3 N–H and O–H groups in total. The molecule has 0 saturated carbocycles. The van der Waals surface area contributed by atoms with E-state index in [4.69, 9.17) is 11.6 Å². The maximum absolute atomic E-state index is 14.0. The van der Waals surface area contributed by atoms with E-state index in [1.807, 2.05) is 6.92 Å². The molecule has 0 spiro atoms. The molecule has 25 heavy (non-hydrogen) atoms. The number of rotatable bonds is 5. The van der Waals surface area contributed by atoms with E-state index < -0.39 is 11.9 Å². The fourth-order valence-corrected chi connectivity index (χ4v) is 2.52. The summed E-state index contributed by atoms with van der Waals surface area (Å²) in [4.78, 5) is 27.2. The van der Waals surface area contributed by atoms with Crippen molar-refractivity contribution in [3.8, 4) is 11.4 Å². The summed E-state index contributed by atoms with van der Waals surface area (Å²) in [5.74, 6) is -0.642. The van der Waals surface area contributed by atoms with Crippen LogP contribution in [0.2, 0.25) is 5.02 Å². The Morgan fingerprint density at radius 3 is 3.00 bits per heavy atom. The van der Waals surface area contributed by atoms with E-state index in [2.05, 4.69) is 30.6 Å². The predicted molar refractivity (Wildman–Crippen MR) is 100 cm³/mol. The zero-order valence-electron chi connectivity index (χ0n) is 13.6. The molecule has 0 bridgehead atoms. The zero-order chi connectivity index (χ0) is 18.0. The Morgan fingerprint density at radius 1 is 1.44 bits per heavy atom. The average Bonchev–Trinajstić information content (AvgIpc) is 3.00. The van der Waals surface area contributed by atoms with Gasteiger partial charge < -0.3 is 15.6 Å². The summed E-state index contributed by atoms with van der Waals surface area (Å²) in [7, 11) is 0. The van der Waals surface area contributed by atoms with Gasteiger partial charge in [-0.05, 0) is 19.9 Å². The fraction of sp³-hybridized carbons (Fsp3) is 0.250. The normalized spacial score (nSPS) is 12.2. The van der Waals surface area contributed by atoms with Gasteiger partial charge in [-0.1, -0.05) is 11.6 Å². The molecule has 136 valence electrons. The highest BCUT2D eigenvalue weighted by atomic mass is 35.5. The Hall–Kier alpha value is -2.74. The number of amides is 1. The summed E-state index contributed by atoms with van der Waals surface area (Å²) in [5.41, 5.74) is 1.26. The first-order valence-electron chi connectivity index (χ1n) is 7.69. The van der Waals surface area contributed by atoms with Gasteiger partial charge in [-0.2, -0.15) is 0 Å². The molecule has 3 heterocycles. The third-order valence-corrected chi connectivity index (χ3v) is 3.79. The van der Waals surface area contributed by atoms with Crippen LogP contribution in [-0.2, 0) is 4.79 Å². The van der Waals surface area contributed by atoms with Gasteiger partial charge in [0.1, 0.15) is 11.7 Å². The number of aromatic amines is 1. The van der Waals surface area contributed by atoms with E-state index >= 15 is 0 Å². The van der Waals surface area contributed by atoms with Crippen LogP contribution in [0.4, 0.5) is 10.2 Å². The lowest BCUT2D eigenvalue weighted by Gasteiger charge is -2.14. The lowest BCUT2D eigenvalue weighted by atomic mass is 10.2. The number of fused-ring (bicyclic) bond motifs is 1. The Morgan fingerprint density at radius 2 is 2.24 bits per heavy atom. The number of H-pyrrole nitrogens is 1. The molecule has 0 aliphatic rings. The monoisotopic (exact) mass is 368 g/mol. The van der Waals surface area contributed by atoms with Crippen molar-refractivity contribution in [3.05, 3.63) is 35.5 Å². The summed E-state index contributed by atoms with van der Waals surface area (Å²) in [6.07, 6.45) is 4.26. The number of carbonyl (C=O) groups is 1. The molecular weight excluding hydrogens is 347 g/mol.